The second-order valence-corrected chi connectivity index (χ2v) is 5.49. The van der Waals surface area contributed by atoms with Gasteiger partial charge in [-0.1, -0.05) is 37.3 Å². The van der Waals surface area contributed by atoms with E-state index in [0.717, 1.165) is 9.14 Å². The summed E-state index contributed by atoms with van der Waals surface area (Å²) in [6.07, 6.45) is 0.973. The van der Waals surface area contributed by atoms with Crippen molar-refractivity contribution in [1.29, 1.82) is 0 Å². The number of hydrogen-bond acceptors (Lipinski definition) is 2. The minimum atomic E-state index is -0.0120. The van der Waals surface area contributed by atoms with Crippen LogP contribution in [-0.4, -0.2) is 11.6 Å². The van der Waals surface area contributed by atoms with Crippen LogP contribution >= 0.6 is 22.6 Å². The number of allylic oxidation sites excluding steroid dienone is 1. The Morgan fingerprint density at radius 1 is 1.12 bits per heavy atom. The van der Waals surface area contributed by atoms with Crippen molar-refractivity contribution in [3.63, 3.8) is 0 Å². The summed E-state index contributed by atoms with van der Waals surface area (Å²) in [5, 5.41) is 0. The maximum Gasteiger partial charge on any atom is 0.167 e. The van der Waals surface area contributed by atoms with Crippen molar-refractivity contribution in [3.05, 3.63) is 41.5 Å². The molecule has 3 heteroatoms. The Labute approximate surface area is 114 Å². The summed E-state index contributed by atoms with van der Waals surface area (Å²) in [5.41, 5.74) is 1.34. The minimum Gasteiger partial charge on any atom is -0.294 e. The summed E-state index contributed by atoms with van der Waals surface area (Å²) < 4.78 is 0.783. The van der Waals surface area contributed by atoms with Gasteiger partial charge >= 0.3 is 0 Å². The van der Waals surface area contributed by atoms with E-state index >= 15 is 0 Å². The first-order valence-electron chi connectivity index (χ1n) is 5.61. The van der Waals surface area contributed by atoms with Crippen molar-refractivity contribution >= 4 is 37.7 Å². The third-order valence-corrected chi connectivity index (χ3v) is 4.03. The van der Waals surface area contributed by atoms with E-state index in [1.807, 2.05) is 37.3 Å². The number of benzene rings is 1. The van der Waals surface area contributed by atoms with Gasteiger partial charge in [0.25, 0.3) is 0 Å². The van der Waals surface area contributed by atoms with E-state index in [2.05, 4.69) is 22.6 Å². The summed E-state index contributed by atoms with van der Waals surface area (Å²) >= 11 is 2.10. The lowest BCUT2D eigenvalue weighted by Crippen LogP contribution is -2.24. The van der Waals surface area contributed by atoms with Gasteiger partial charge in [0.2, 0.25) is 0 Å². The molecular weight excluding hydrogens is 327 g/mol. The van der Waals surface area contributed by atoms with Crippen LogP contribution in [0.15, 0.2) is 35.9 Å². The molecule has 1 aromatic rings. The van der Waals surface area contributed by atoms with Crippen LogP contribution in [0.2, 0.25) is 0 Å². The maximum atomic E-state index is 11.9. The van der Waals surface area contributed by atoms with Crippen LogP contribution in [0.25, 0.3) is 3.58 Å². The van der Waals surface area contributed by atoms with Crippen molar-refractivity contribution in [2.45, 2.75) is 19.8 Å². The van der Waals surface area contributed by atoms with Crippen LogP contribution in [0, 0.1) is 5.92 Å². The number of Topliss-reactive ketones (excluding diaryl/α,β-unsaturated/α-hetero) is 2. The van der Waals surface area contributed by atoms with Gasteiger partial charge in [-0.05, 0) is 34.1 Å². The highest BCUT2D eigenvalue weighted by atomic mass is 127. The summed E-state index contributed by atoms with van der Waals surface area (Å²) in [7, 11) is 0. The van der Waals surface area contributed by atoms with Crippen molar-refractivity contribution < 1.29 is 9.59 Å². The van der Waals surface area contributed by atoms with Crippen LogP contribution in [0.4, 0.5) is 0 Å². The zero-order valence-corrected chi connectivity index (χ0v) is 11.7. The highest BCUT2D eigenvalue weighted by Crippen LogP contribution is 2.32. The standard InChI is InChI=1S/C14H13IO2/c1-9-7-11(16)13(12(17)8-9)14(15)10-5-3-2-4-6-10/h2-6,9H,7-8H2,1H3. The predicted molar refractivity (Wildman–Crippen MR) is 75.8 cm³/mol. The van der Waals surface area contributed by atoms with Gasteiger partial charge in [-0.2, -0.15) is 0 Å². The molecule has 0 saturated heterocycles. The molecule has 0 aliphatic heterocycles. The smallest absolute Gasteiger partial charge is 0.167 e. The predicted octanol–water partition coefficient (Wildman–Crippen LogP) is 3.40. The number of halogens is 1. The first-order valence-corrected chi connectivity index (χ1v) is 6.69. The van der Waals surface area contributed by atoms with Gasteiger partial charge in [0.1, 0.15) is 0 Å². The highest BCUT2D eigenvalue weighted by molar-refractivity contribution is 14.1. The molecule has 2 nitrogen and oxygen atoms in total. The van der Waals surface area contributed by atoms with Crippen LogP contribution in [-0.2, 0) is 9.59 Å². The van der Waals surface area contributed by atoms with Gasteiger partial charge in [0.05, 0.1) is 5.57 Å². The van der Waals surface area contributed by atoms with E-state index in [4.69, 9.17) is 0 Å². The number of hydrogen-bond donors (Lipinski definition) is 0. The van der Waals surface area contributed by atoms with Gasteiger partial charge in [0, 0.05) is 16.4 Å². The molecule has 0 amide bonds. The van der Waals surface area contributed by atoms with Gasteiger partial charge in [-0.25, -0.2) is 0 Å². The molecule has 1 aliphatic rings. The molecule has 88 valence electrons. The molecule has 0 atom stereocenters. The molecule has 0 heterocycles. The zero-order chi connectivity index (χ0) is 12.4. The van der Waals surface area contributed by atoms with E-state index in [-0.39, 0.29) is 17.5 Å². The average Bonchev–Trinajstić information content (AvgIpc) is 2.28. The van der Waals surface area contributed by atoms with E-state index in [0.29, 0.717) is 18.4 Å². The Bertz CT molecular complexity index is 468. The molecule has 17 heavy (non-hydrogen) atoms. The van der Waals surface area contributed by atoms with Crippen LogP contribution < -0.4 is 0 Å². The van der Waals surface area contributed by atoms with Crippen LogP contribution in [0.1, 0.15) is 25.3 Å². The summed E-state index contributed by atoms with van der Waals surface area (Å²) in [6.45, 7) is 1.95. The molecular formula is C14H13IO2. The first-order chi connectivity index (χ1) is 8.09. The molecule has 0 unspecified atom stereocenters. The molecule has 1 saturated carbocycles. The normalized spacial score (nSPS) is 20.6. The van der Waals surface area contributed by atoms with E-state index in [9.17, 15) is 9.59 Å². The van der Waals surface area contributed by atoms with E-state index < -0.39 is 0 Å². The molecule has 0 spiro atoms. The van der Waals surface area contributed by atoms with Crippen molar-refractivity contribution in [3.8, 4) is 0 Å². The molecule has 1 aromatic carbocycles. The summed E-state index contributed by atoms with van der Waals surface area (Å²) in [4.78, 5) is 23.9. The van der Waals surface area contributed by atoms with E-state index in [1.165, 1.54) is 0 Å². The maximum absolute atomic E-state index is 11.9. The fourth-order valence-electron chi connectivity index (χ4n) is 2.04. The lowest BCUT2D eigenvalue weighted by Gasteiger charge is -2.19. The Morgan fingerprint density at radius 2 is 1.65 bits per heavy atom. The number of carbonyl (C=O) groups is 2. The molecule has 0 bridgehead atoms. The Hall–Kier alpha value is -0.970. The molecule has 2 rings (SSSR count). The Kier molecular flexibility index (Phi) is 3.76. The van der Waals surface area contributed by atoms with Crippen molar-refractivity contribution in [2.24, 2.45) is 5.92 Å². The van der Waals surface area contributed by atoms with Gasteiger partial charge < -0.3 is 0 Å². The second kappa shape index (κ2) is 5.12. The zero-order valence-electron chi connectivity index (χ0n) is 9.57. The third-order valence-electron chi connectivity index (χ3n) is 2.87. The summed E-state index contributed by atoms with van der Waals surface area (Å²) in [5.74, 6) is 0.155. The molecule has 1 fully saturated rings. The van der Waals surface area contributed by atoms with Gasteiger partial charge in [-0.15, -0.1) is 0 Å². The lowest BCUT2D eigenvalue weighted by molar-refractivity contribution is -0.125. The highest BCUT2D eigenvalue weighted by Gasteiger charge is 2.30. The fraction of sp³-hybridized carbons (Fsp3) is 0.286. The second-order valence-electron chi connectivity index (χ2n) is 4.41. The average molecular weight is 340 g/mol. The van der Waals surface area contributed by atoms with Gasteiger partial charge in [-0.3, -0.25) is 9.59 Å². The van der Waals surface area contributed by atoms with Gasteiger partial charge in [0.15, 0.2) is 11.6 Å². The number of rotatable bonds is 1. The van der Waals surface area contributed by atoms with E-state index in [1.54, 1.807) is 0 Å². The fourth-order valence-corrected chi connectivity index (χ4v) is 3.00. The van der Waals surface area contributed by atoms with Crippen LogP contribution in [0.5, 0.6) is 0 Å². The molecule has 0 N–H and O–H groups in total. The monoisotopic (exact) mass is 340 g/mol. The summed E-state index contributed by atoms with van der Waals surface area (Å²) in [6, 6.07) is 9.59. The third kappa shape index (κ3) is 2.65. The molecule has 1 aliphatic carbocycles. The lowest BCUT2D eigenvalue weighted by atomic mass is 9.84. The topological polar surface area (TPSA) is 34.1 Å². The minimum absolute atomic E-state index is 0.0120. The molecule has 0 radical (unpaired) electrons. The quantitative estimate of drug-likeness (QED) is 0.446. The van der Waals surface area contributed by atoms with Crippen molar-refractivity contribution in [1.82, 2.24) is 0 Å². The molecule has 0 aromatic heterocycles. The number of carbonyl (C=O) groups excluding carboxylic acids is 2. The largest absolute Gasteiger partial charge is 0.294 e. The van der Waals surface area contributed by atoms with Crippen molar-refractivity contribution in [2.75, 3.05) is 0 Å². The number of ketones is 2. The first kappa shape index (κ1) is 12.5. The Morgan fingerprint density at radius 3 is 2.18 bits per heavy atom. The Balaban J connectivity index is 2.44. The SMILES string of the molecule is CC1CC(=O)C(=C(I)c2ccccc2)C(=O)C1. The van der Waals surface area contributed by atoms with Crippen LogP contribution in [0.3, 0.4) is 0 Å².